The quantitative estimate of drug-likeness (QED) is 0.211. The van der Waals surface area contributed by atoms with Crippen LogP contribution in [0.15, 0.2) is 0 Å². The van der Waals surface area contributed by atoms with Crippen LogP contribution in [0.1, 0.15) is 142 Å². The molecule has 0 rings (SSSR count). The van der Waals surface area contributed by atoms with Crippen LogP contribution >= 0.6 is 0 Å². The maximum absolute atomic E-state index is 10.1. The Hall–Kier alpha value is -0.230. The van der Waals surface area contributed by atoms with E-state index < -0.39 is 11.9 Å². The molecule has 30 heavy (non-hydrogen) atoms. The molecule has 1 N–H and O–H groups in total. The molecule has 0 aromatic heterocycles. The van der Waals surface area contributed by atoms with Crippen LogP contribution in [-0.4, -0.2) is 43.3 Å². The minimum absolute atomic E-state index is 0. The van der Waals surface area contributed by atoms with E-state index in [0.717, 1.165) is 25.7 Å². The van der Waals surface area contributed by atoms with E-state index in [4.69, 9.17) is 0 Å². The Morgan fingerprint density at radius 3 is 0.867 bits per heavy atom. The maximum Gasteiger partial charge on any atom is 3.00 e. The first-order valence-corrected chi connectivity index (χ1v) is 11.9. The third-order valence-electron chi connectivity index (χ3n) is 4.97. The fraction of sp³-hybridized carbons (Fsp3) is 0.917. The third-order valence-corrected chi connectivity index (χ3v) is 4.97. The summed E-state index contributed by atoms with van der Waals surface area (Å²) in [7, 11) is 0. The number of carbonyl (C=O) groups is 2. The van der Waals surface area contributed by atoms with Crippen LogP contribution in [0.2, 0.25) is 0 Å². The van der Waals surface area contributed by atoms with Gasteiger partial charge in [-0.25, -0.2) is 0 Å². The summed E-state index contributed by atoms with van der Waals surface area (Å²) in [5.41, 5.74) is 0. The molecule has 0 aromatic rings. The molecular weight excluding hydrogens is 483 g/mol. The van der Waals surface area contributed by atoms with Crippen molar-refractivity contribution in [2.45, 2.75) is 142 Å². The Morgan fingerprint density at radius 2 is 0.667 bits per heavy atom. The summed E-state index contributed by atoms with van der Waals surface area (Å²) in [6.45, 7) is 4.44. The Kier molecular flexibility index (Phi) is 41.3. The molecule has 0 aliphatic rings. The van der Waals surface area contributed by atoms with E-state index in [1.807, 2.05) is 0 Å². The minimum atomic E-state index is -0.909. The van der Waals surface area contributed by atoms with Crippen LogP contribution in [0.5, 0.6) is 0 Å². The minimum Gasteiger partial charge on any atom is -0.870 e. The van der Waals surface area contributed by atoms with Crippen LogP contribution in [-0.2, 0) is 9.59 Å². The zero-order chi connectivity index (χ0) is 21.3. The number of aliphatic carboxylic acids is 2. The molecule has 176 valence electrons. The Balaban J connectivity index is -0.000000211. The molecule has 6 heteroatoms. The molecule has 5 nitrogen and oxygen atoms in total. The van der Waals surface area contributed by atoms with Crippen molar-refractivity contribution < 1.29 is 25.3 Å². The van der Waals surface area contributed by atoms with Gasteiger partial charge in [-0.2, -0.15) is 0 Å². The molecule has 0 radical (unpaired) electrons. The van der Waals surface area contributed by atoms with E-state index in [0.29, 0.717) is 0 Å². The van der Waals surface area contributed by atoms with Crippen molar-refractivity contribution in [3.05, 3.63) is 0 Å². The first-order valence-electron chi connectivity index (χ1n) is 11.9. The molecule has 0 heterocycles. The van der Waals surface area contributed by atoms with Crippen LogP contribution in [0, 0.1) is 0 Å². The predicted octanol–water partition coefficient (Wildman–Crippen LogP) is 4.76. The van der Waals surface area contributed by atoms with E-state index in [-0.39, 0.29) is 44.2 Å². The van der Waals surface area contributed by atoms with Crippen molar-refractivity contribution in [1.82, 2.24) is 0 Å². The monoisotopic (exact) mass is 530 g/mol. The molecule has 0 saturated carbocycles. The van der Waals surface area contributed by atoms with Gasteiger partial charge in [-0.15, -0.1) is 0 Å². The molecular formula is C24H47InO5. The smallest absolute Gasteiger partial charge is 0.870 e. The van der Waals surface area contributed by atoms with Crippen LogP contribution < -0.4 is 10.2 Å². The number of hydrogen-bond acceptors (Lipinski definition) is 5. The normalized spacial score (nSPS) is 9.67. The summed E-state index contributed by atoms with van der Waals surface area (Å²) in [6, 6.07) is 0. The molecule has 0 amide bonds. The third kappa shape index (κ3) is 42.0. The van der Waals surface area contributed by atoms with Gasteiger partial charge in [-0.3, -0.25) is 0 Å². The van der Waals surface area contributed by atoms with Crippen molar-refractivity contribution in [2.75, 3.05) is 0 Å². The number of carboxylic acid groups (broad SMARTS) is 2. The van der Waals surface area contributed by atoms with Crippen molar-refractivity contribution in [1.29, 1.82) is 0 Å². The van der Waals surface area contributed by atoms with Crippen LogP contribution in [0.3, 0.4) is 0 Å². The second-order valence-corrected chi connectivity index (χ2v) is 7.90. The second kappa shape index (κ2) is 33.4. The summed E-state index contributed by atoms with van der Waals surface area (Å²) in [4.78, 5) is 20.2. The second-order valence-electron chi connectivity index (χ2n) is 7.90. The fourth-order valence-electron chi connectivity index (χ4n) is 3.16. The van der Waals surface area contributed by atoms with Crippen LogP contribution in [0.25, 0.3) is 0 Å². The fourth-order valence-corrected chi connectivity index (χ4v) is 3.16. The summed E-state index contributed by atoms with van der Waals surface area (Å²) in [6.07, 6.45) is 22.3. The number of carboxylic acids is 2. The van der Waals surface area contributed by atoms with Gasteiger partial charge in [0.2, 0.25) is 0 Å². The molecule has 0 aromatic carbocycles. The molecule has 0 aliphatic heterocycles. The number of hydrogen-bond donors (Lipinski definition) is 0. The van der Waals surface area contributed by atoms with Gasteiger partial charge in [0.05, 0.1) is 0 Å². The topological polar surface area (TPSA) is 110 Å². The molecule has 0 spiro atoms. The summed E-state index contributed by atoms with van der Waals surface area (Å²) in [5, 5.41) is 20.2. The zero-order valence-electron chi connectivity index (χ0n) is 19.8. The first-order chi connectivity index (χ1) is 13.5. The Bertz CT molecular complexity index is 306. The van der Waals surface area contributed by atoms with E-state index in [1.54, 1.807) is 0 Å². The Labute approximate surface area is 204 Å². The van der Waals surface area contributed by atoms with Gasteiger partial charge >= 0.3 is 25.8 Å². The standard InChI is InChI=1S/2C12H24O2.In.H2O/c2*1-2-3-4-5-6-7-8-9-10-11-12(13)14;;/h2*2-11H2,1H3,(H,13,14);;1H2/q;;+3;/p-3. The SMILES string of the molecule is CCCCCCCCCCCC(=O)[O-].CCCCCCCCCCCC(=O)[O-].[In+3].[OH-]. The van der Waals surface area contributed by atoms with Gasteiger partial charge in [-0.1, -0.05) is 117 Å². The van der Waals surface area contributed by atoms with E-state index in [1.165, 1.54) is 89.9 Å². The summed E-state index contributed by atoms with van der Waals surface area (Å²) >= 11 is 0. The number of carbonyl (C=O) groups excluding carboxylic acids is 2. The zero-order valence-corrected chi connectivity index (χ0v) is 23.1. The van der Waals surface area contributed by atoms with Gasteiger partial charge in [0.1, 0.15) is 0 Å². The van der Waals surface area contributed by atoms with E-state index >= 15 is 0 Å². The number of rotatable bonds is 20. The van der Waals surface area contributed by atoms with Crippen molar-refractivity contribution in [2.24, 2.45) is 0 Å². The summed E-state index contributed by atoms with van der Waals surface area (Å²) < 4.78 is 0. The average molecular weight is 530 g/mol. The molecule has 0 saturated heterocycles. The Morgan fingerprint density at radius 1 is 0.467 bits per heavy atom. The summed E-state index contributed by atoms with van der Waals surface area (Å²) in [5.74, 6) is -1.82. The van der Waals surface area contributed by atoms with E-state index in [9.17, 15) is 19.8 Å². The molecule has 0 fully saturated rings. The van der Waals surface area contributed by atoms with Gasteiger partial charge < -0.3 is 25.3 Å². The van der Waals surface area contributed by atoms with Crippen LogP contribution in [0.4, 0.5) is 0 Å². The first kappa shape index (κ1) is 37.1. The van der Waals surface area contributed by atoms with Gasteiger partial charge in [-0.05, 0) is 25.7 Å². The van der Waals surface area contributed by atoms with Gasteiger partial charge in [0.25, 0.3) is 0 Å². The van der Waals surface area contributed by atoms with Gasteiger partial charge in [0, 0.05) is 11.9 Å². The molecule has 0 aliphatic carbocycles. The van der Waals surface area contributed by atoms with Gasteiger partial charge in [0.15, 0.2) is 0 Å². The molecule has 0 atom stereocenters. The van der Waals surface area contributed by atoms with Crippen molar-refractivity contribution >= 4 is 37.8 Å². The van der Waals surface area contributed by atoms with Crippen molar-refractivity contribution in [3.8, 4) is 0 Å². The molecule has 0 bridgehead atoms. The van der Waals surface area contributed by atoms with E-state index in [2.05, 4.69) is 13.8 Å². The van der Waals surface area contributed by atoms with Crippen molar-refractivity contribution in [3.63, 3.8) is 0 Å². The largest absolute Gasteiger partial charge is 3.00 e. The maximum atomic E-state index is 10.1. The number of unbranched alkanes of at least 4 members (excludes halogenated alkanes) is 16. The predicted molar refractivity (Wildman–Crippen MR) is 121 cm³/mol. The molecule has 0 unspecified atom stereocenters. The average Bonchev–Trinajstić information content (AvgIpc) is 2.65.